The van der Waals surface area contributed by atoms with Crippen LogP contribution in [0.2, 0.25) is 5.02 Å². The molecule has 0 saturated carbocycles. The van der Waals surface area contributed by atoms with Gasteiger partial charge in [0.1, 0.15) is 11.4 Å². The number of halogens is 1. The fourth-order valence-corrected chi connectivity index (χ4v) is 3.57. The third-order valence-corrected chi connectivity index (χ3v) is 4.80. The van der Waals surface area contributed by atoms with Crippen molar-refractivity contribution in [1.29, 1.82) is 0 Å². The molecule has 7 heteroatoms. The van der Waals surface area contributed by atoms with Crippen molar-refractivity contribution in [3.63, 3.8) is 0 Å². The highest BCUT2D eigenvalue weighted by Crippen LogP contribution is 2.37. The molecule has 0 saturated heterocycles. The zero-order chi connectivity index (χ0) is 16.2. The molecule has 0 aliphatic rings. The number of hydrogen-bond donors (Lipinski definition) is 0. The normalized spacial score (nSPS) is 12.1. The van der Waals surface area contributed by atoms with Gasteiger partial charge in [-0.05, 0) is 41.1 Å². The number of aromatic nitrogens is 4. The van der Waals surface area contributed by atoms with Gasteiger partial charge in [-0.3, -0.25) is 0 Å². The van der Waals surface area contributed by atoms with Crippen LogP contribution in [0.5, 0.6) is 5.75 Å². The van der Waals surface area contributed by atoms with E-state index in [-0.39, 0.29) is 5.25 Å². The number of hydrogen-bond acceptors (Lipinski definition) is 5. The van der Waals surface area contributed by atoms with Crippen molar-refractivity contribution in [2.75, 3.05) is 7.11 Å². The van der Waals surface area contributed by atoms with Gasteiger partial charge in [-0.25, -0.2) is 0 Å². The molecular weight excluding hydrogens is 332 g/mol. The molecule has 0 aliphatic carbocycles. The fourth-order valence-electron chi connectivity index (χ4n) is 2.23. The van der Waals surface area contributed by atoms with Crippen molar-refractivity contribution in [3.8, 4) is 11.4 Å². The van der Waals surface area contributed by atoms with E-state index in [4.69, 9.17) is 16.3 Å². The van der Waals surface area contributed by atoms with Crippen molar-refractivity contribution in [2.45, 2.75) is 17.3 Å². The average molecular weight is 347 g/mol. The monoisotopic (exact) mass is 346 g/mol. The van der Waals surface area contributed by atoms with Gasteiger partial charge in [-0.1, -0.05) is 53.7 Å². The molecule has 1 aromatic heterocycles. The molecule has 3 aromatic rings. The van der Waals surface area contributed by atoms with E-state index in [1.165, 1.54) is 0 Å². The summed E-state index contributed by atoms with van der Waals surface area (Å²) in [6, 6.07) is 15.4. The molecule has 0 N–H and O–H groups in total. The van der Waals surface area contributed by atoms with Gasteiger partial charge < -0.3 is 4.74 Å². The summed E-state index contributed by atoms with van der Waals surface area (Å²) in [4.78, 5) is 0. The largest absolute Gasteiger partial charge is 0.494 e. The number of benzene rings is 2. The van der Waals surface area contributed by atoms with Gasteiger partial charge in [0.15, 0.2) is 0 Å². The van der Waals surface area contributed by atoms with Crippen molar-refractivity contribution < 1.29 is 4.74 Å². The third-order valence-electron chi connectivity index (χ3n) is 3.38. The van der Waals surface area contributed by atoms with Crippen LogP contribution < -0.4 is 4.74 Å². The molecule has 0 fully saturated rings. The zero-order valence-electron chi connectivity index (χ0n) is 12.7. The minimum absolute atomic E-state index is 0.114. The molecule has 0 amide bonds. The molecule has 1 heterocycles. The summed E-state index contributed by atoms with van der Waals surface area (Å²) in [5.74, 6) is 0.715. The van der Waals surface area contributed by atoms with E-state index in [2.05, 4.69) is 22.4 Å². The van der Waals surface area contributed by atoms with Crippen LogP contribution in [-0.2, 0) is 0 Å². The fraction of sp³-hybridized carbons (Fsp3) is 0.188. The van der Waals surface area contributed by atoms with Gasteiger partial charge in [0.05, 0.1) is 7.11 Å². The summed E-state index contributed by atoms with van der Waals surface area (Å²) in [5, 5.41) is 13.5. The Morgan fingerprint density at radius 3 is 2.65 bits per heavy atom. The molecule has 0 aliphatic heterocycles. The minimum Gasteiger partial charge on any atom is -0.494 e. The van der Waals surface area contributed by atoms with Gasteiger partial charge in [-0.15, -0.1) is 5.10 Å². The van der Waals surface area contributed by atoms with Crippen LogP contribution in [0.25, 0.3) is 5.69 Å². The molecule has 0 radical (unpaired) electrons. The zero-order valence-corrected chi connectivity index (χ0v) is 14.3. The second-order valence-electron chi connectivity index (χ2n) is 4.83. The third kappa shape index (κ3) is 3.33. The lowest BCUT2D eigenvalue weighted by Gasteiger charge is -2.13. The first-order valence-corrected chi connectivity index (χ1v) is 8.29. The minimum atomic E-state index is 0.114. The average Bonchev–Trinajstić information content (AvgIpc) is 3.03. The van der Waals surface area contributed by atoms with E-state index in [1.807, 2.05) is 48.5 Å². The lowest BCUT2D eigenvalue weighted by molar-refractivity contribution is 0.410. The smallest absolute Gasteiger partial charge is 0.214 e. The van der Waals surface area contributed by atoms with Gasteiger partial charge in [0.25, 0.3) is 0 Å². The quantitative estimate of drug-likeness (QED) is 0.649. The summed E-state index contributed by atoms with van der Waals surface area (Å²) in [5.41, 5.74) is 1.85. The molecule has 2 aromatic carbocycles. The molecule has 3 rings (SSSR count). The molecular formula is C16H15ClN4OS. The van der Waals surface area contributed by atoms with Crippen molar-refractivity contribution in [1.82, 2.24) is 20.2 Å². The van der Waals surface area contributed by atoms with E-state index < -0.39 is 0 Å². The molecule has 0 spiro atoms. The van der Waals surface area contributed by atoms with E-state index in [0.717, 1.165) is 16.3 Å². The van der Waals surface area contributed by atoms with Gasteiger partial charge in [-0.2, -0.15) is 4.68 Å². The summed E-state index contributed by atoms with van der Waals surface area (Å²) >= 11 is 7.82. The number of tetrazole rings is 1. The number of thioether (sulfide) groups is 1. The number of rotatable bonds is 5. The maximum absolute atomic E-state index is 6.27. The van der Waals surface area contributed by atoms with E-state index in [1.54, 1.807) is 23.6 Å². The van der Waals surface area contributed by atoms with Gasteiger partial charge in [0.2, 0.25) is 5.16 Å². The van der Waals surface area contributed by atoms with Gasteiger partial charge >= 0.3 is 0 Å². The second kappa shape index (κ2) is 7.02. The maximum Gasteiger partial charge on any atom is 0.214 e. The summed E-state index contributed by atoms with van der Waals surface area (Å²) < 4.78 is 7.06. The predicted molar refractivity (Wildman–Crippen MR) is 91.4 cm³/mol. The van der Waals surface area contributed by atoms with Crippen LogP contribution in [0.3, 0.4) is 0 Å². The number of methoxy groups -OCH3 is 1. The van der Waals surface area contributed by atoms with Crippen LogP contribution in [0.15, 0.2) is 53.7 Å². The molecule has 118 valence electrons. The lowest BCUT2D eigenvalue weighted by Crippen LogP contribution is -2.02. The van der Waals surface area contributed by atoms with E-state index >= 15 is 0 Å². The highest BCUT2D eigenvalue weighted by molar-refractivity contribution is 7.99. The van der Waals surface area contributed by atoms with E-state index in [0.29, 0.717) is 10.9 Å². The number of nitrogens with zero attached hydrogens (tertiary/aromatic N) is 4. The Morgan fingerprint density at radius 2 is 1.87 bits per heavy atom. The van der Waals surface area contributed by atoms with E-state index in [9.17, 15) is 0 Å². The summed E-state index contributed by atoms with van der Waals surface area (Å²) in [6.45, 7) is 2.08. The number of ether oxygens (including phenoxy) is 1. The van der Waals surface area contributed by atoms with Crippen molar-refractivity contribution in [3.05, 3.63) is 59.1 Å². The van der Waals surface area contributed by atoms with Crippen molar-refractivity contribution in [2.24, 2.45) is 0 Å². The standard InChI is InChI=1S/C16H15ClN4OS/c1-11(12-7-3-4-8-13(12)17)23-16-18-19-20-21(16)14-9-5-6-10-15(14)22-2/h3-11H,1-2H3. The Hall–Kier alpha value is -2.05. The van der Waals surface area contributed by atoms with Crippen LogP contribution >= 0.6 is 23.4 Å². The first-order valence-electron chi connectivity index (χ1n) is 7.03. The van der Waals surface area contributed by atoms with Crippen LogP contribution in [0.4, 0.5) is 0 Å². The van der Waals surface area contributed by atoms with Crippen molar-refractivity contribution >= 4 is 23.4 Å². The topological polar surface area (TPSA) is 52.8 Å². The molecule has 1 unspecified atom stereocenters. The first kappa shape index (κ1) is 15.8. The van der Waals surface area contributed by atoms with Crippen LogP contribution in [0.1, 0.15) is 17.7 Å². The highest BCUT2D eigenvalue weighted by atomic mass is 35.5. The Kier molecular flexibility index (Phi) is 4.83. The Balaban J connectivity index is 1.91. The number of para-hydroxylation sites is 2. The molecule has 23 heavy (non-hydrogen) atoms. The summed E-state index contributed by atoms with van der Waals surface area (Å²) in [6.07, 6.45) is 0. The Bertz CT molecular complexity index is 808. The summed E-state index contributed by atoms with van der Waals surface area (Å²) in [7, 11) is 1.63. The Morgan fingerprint density at radius 1 is 1.13 bits per heavy atom. The molecule has 1 atom stereocenters. The lowest BCUT2D eigenvalue weighted by atomic mass is 10.2. The van der Waals surface area contributed by atoms with Crippen LogP contribution in [0, 0.1) is 0 Å². The van der Waals surface area contributed by atoms with Crippen LogP contribution in [-0.4, -0.2) is 27.3 Å². The molecule has 0 bridgehead atoms. The SMILES string of the molecule is COc1ccccc1-n1nnnc1SC(C)c1ccccc1Cl. The highest BCUT2D eigenvalue weighted by Gasteiger charge is 2.18. The Labute approximate surface area is 143 Å². The predicted octanol–water partition coefficient (Wildman–Crippen LogP) is 4.18. The molecule has 5 nitrogen and oxygen atoms in total. The van der Waals surface area contributed by atoms with Gasteiger partial charge in [0, 0.05) is 10.3 Å². The first-order chi connectivity index (χ1) is 11.2. The second-order valence-corrected chi connectivity index (χ2v) is 6.54. The maximum atomic E-state index is 6.27.